The van der Waals surface area contributed by atoms with Crippen molar-refractivity contribution in [1.29, 1.82) is 0 Å². The van der Waals surface area contributed by atoms with Crippen LogP contribution in [0, 0.1) is 20.8 Å². The van der Waals surface area contributed by atoms with Gasteiger partial charge in [-0.2, -0.15) is 0 Å². The van der Waals surface area contributed by atoms with Crippen molar-refractivity contribution >= 4 is 10.8 Å². The second-order valence-corrected chi connectivity index (χ2v) is 5.44. The third-order valence-corrected chi connectivity index (χ3v) is 3.94. The Bertz CT molecular complexity index is 898. The van der Waals surface area contributed by atoms with Gasteiger partial charge in [0.05, 0.1) is 12.3 Å². The van der Waals surface area contributed by atoms with Crippen molar-refractivity contribution in [3.05, 3.63) is 65.3 Å². The number of hydrogen-bond acceptors (Lipinski definition) is 0. The number of aryl methyl sites for hydroxylation is 2. The SMILES string of the molecule is [2H]c1c([2H])[n+](C)c(-c2cc(C)cc(C)c2C)c2ccccc12. The Balaban J connectivity index is 2.52. The molecule has 2 aromatic carbocycles. The van der Waals surface area contributed by atoms with E-state index in [0.29, 0.717) is 0 Å². The van der Waals surface area contributed by atoms with Gasteiger partial charge in [-0.1, -0.05) is 29.8 Å². The van der Waals surface area contributed by atoms with Crippen LogP contribution in [0.4, 0.5) is 0 Å². The van der Waals surface area contributed by atoms with Crippen LogP contribution in [0.15, 0.2) is 48.6 Å². The van der Waals surface area contributed by atoms with Crippen LogP contribution < -0.4 is 4.57 Å². The lowest BCUT2D eigenvalue weighted by molar-refractivity contribution is -0.659. The molecule has 0 unspecified atom stereocenters. The first-order valence-electron chi connectivity index (χ1n) is 7.88. The van der Waals surface area contributed by atoms with Crippen molar-refractivity contribution in [2.45, 2.75) is 20.8 Å². The van der Waals surface area contributed by atoms with E-state index >= 15 is 0 Å². The van der Waals surface area contributed by atoms with Gasteiger partial charge in [0.15, 0.2) is 6.17 Å². The molecule has 0 aliphatic rings. The third kappa shape index (κ3) is 2.00. The van der Waals surface area contributed by atoms with Gasteiger partial charge >= 0.3 is 0 Å². The molecular weight excluding hydrogens is 242 g/mol. The average molecular weight is 264 g/mol. The van der Waals surface area contributed by atoms with E-state index in [0.717, 1.165) is 22.0 Å². The van der Waals surface area contributed by atoms with Gasteiger partial charge in [-0.05, 0) is 49.4 Å². The number of benzene rings is 2. The van der Waals surface area contributed by atoms with Gasteiger partial charge in [0.25, 0.3) is 0 Å². The summed E-state index contributed by atoms with van der Waals surface area (Å²) in [5.74, 6) is 0. The highest BCUT2D eigenvalue weighted by atomic mass is 14.9. The number of pyridine rings is 1. The normalized spacial score (nSPS) is 12.4. The van der Waals surface area contributed by atoms with Gasteiger partial charge in [-0.25, -0.2) is 4.57 Å². The standard InChI is InChI=1S/C19H20N/c1-13-11-14(2)15(3)18(12-13)19-17-8-6-5-7-16(17)9-10-20(19)4/h5-12H,1-4H3/q+1/i9D,10D. The second kappa shape index (κ2) is 4.75. The number of fused-ring (bicyclic) bond motifs is 1. The molecule has 1 heteroatoms. The summed E-state index contributed by atoms with van der Waals surface area (Å²) < 4.78 is 18.3. The van der Waals surface area contributed by atoms with Gasteiger partial charge in [-0.3, -0.25) is 0 Å². The van der Waals surface area contributed by atoms with Crippen molar-refractivity contribution in [2.24, 2.45) is 7.05 Å². The molecule has 0 saturated carbocycles. The number of hydrogen-bond donors (Lipinski definition) is 0. The molecule has 0 atom stereocenters. The fraction of sp³-hybridized carbons (Fsp3) is 0.211. The molecule has 0 N–H and O–H groups in total. The first kappa shape index (κ1) is 10.6. The van der Waals surface area contributed by atoms with Gasteiger partial charge in [0.1, 0.15) is 8.42 Å². The maximum absolute atomic E-state index is 8.27. The summed E-state index contributed by atoms with van der Waals surface area (Å²) >= 11 is 0. The summed E-state index contributed by atoms with van der Waals surface area (Å²) in [6, 6.07) is 12.5. The van der Waals surface area contributed by atoms with E-state index in [4.69, 9.17) is 2.74 Å². The van der Waals surface area contributed by atoms with Crippen LogP contribution in [0.2, 0.25) is 0 Å². The zero-order valence-corrected chi connectivity index (χ0v) is 12.4. The van der Waals surface area contributed by atoms with Crippen molar-refractivity contribution in [3.8, 4) is 11.3 Å². The first-order chi connectivity index (χ1) is 10.4. The van der Waals surface area contributed by atoms with E-state index in [2.05, 4.69) is 32.9 Å². The molecule has 0 aliphatic heterocycles. The summed E-state index contributed by atoms with van der Waals surface area (Å²) in [5, 5.41) is 1.86. The molecular formula is C19H20N+. The Hall–Kier alpha value is -2.15. The van der Waals surface area contributed by atoms with Gasteiger partial charge in [-0.15, -0.1) is 0 Å². The fourth-order valence-electron chi connectivity index (χ4n) is 2.79. The molecule has 20 heavy (non-hydrogen) atoms. The van der Waals surface area contributed by atoms with Crippen LogP contribution in [-0.4, -0.2) is 0 Å². The Morgan fingerprint density at radius 1 is 1.05 bits per heavy atom. The molecule has 0 spiro atoms. The van der Waals surface area contributed by atoms with Crippen LogP contribution in [0.1, 0.15) is 19.4 Å². The Kier molecular flexibility index (Phi) is 2.52. The number of rotatable bonds is 1. The molecule has 3 rings (SSSR count). The first-order valence-corrected chi connectivity index (χ1v) is 6.88. The van der Waals surface area contributed by atoms with Gasteiger partial charge in [0.2, 0.25) is 5.69 Å². The van der Waals surface area contributed by atoms with E-state index in [-0.39, 0.29) is 12.2 Å². The summed E-state index contributed by atoms with van der Waals surface area (Å²) in [5.41, 5.74) is 5.85. The zero-order chi connectivity index (χ0) is 16.0. The van der Waals surface area contributed by atoms with Gasteiger partial charge in [0, 0.05) is 6.04 Å². The van der Waals surface area contributed by atoms with E-state index in [1.807, 2.05) is 35.9 Å². The smallest absolute Gasteiger partial charge is 0.200 e. The molecule has 1 aromatic heterocycles. The number of nitrogens with zero attached hydrogens (tertiary/aromatic N) is 1. The van der Waals surface area contributed by atoms with Crippen molar-refractivity contribution in [1.82, 2.24) is 0 Å². The molecule has 0 amide bonds. The largest absolute Gasteiger partial charge is 0.220 e. The van der Waals surface area contributed by atoms with Crippen LogP contribution in [-0.2, 0) is 7.05 Å². The fourth-order valence-corrected chi connectivity index (χ4v) is 2.79. The predicted molar refractivity (Wildman–Crippen MR) is 84.8 cm³/mol. The van der Waals surface area contributed by atoms with E-state index < -0.39 is 0 Å². The maximum Gasteiger partial charge on any atom is 0.220 e. The molecule has 3 aromatic rings. The van der Waals surface area contributed by atoms with Crippen LogP contribution in [0.5, 0.6) is 0 Å². The monoisotopic (exact) mass is 264 g/mol. The van der Waals surface area contributed by atoms with Crippen molar-refractivity contribution in [2.75, 3.05) is 0 Å². The van der Waals surface area contributed by atoms with Crippen LogP contribution in [0.3, 0.4) is 0 Å². The van der Waals surface area contributed by atoms with E-state index in [1.165, 1.54) is 16.7 Å². The molecule has 0 saturated heterocycles. The Morgan fingerprint density at radius 2 is 1.80 bits per heavy atom. The molecule has 100 valence electrons. The maximum atomic E-state index is 8.27. The second-order valence-electron chi connectivity index (χ2n) is 5.44. The topological polar surface area (TPSA) is 3.88 Å². The minimum absolute atomic E-state index is 0.243. The molecule has 0 aliphatic carbocycles. The minimum atomic E-state index is 0.243. The summed E-state index contributed by atoms with van der Waals surface area (Å²) in [4.78, 5) is 0. The average Bonchev–Trinajstić information content (AvgIpc) is 2.50. The predicted octanol–water partition coefficient (Wildman–Crippen LogP) is 4.26. The van der Waals surface area contributed by atoms with Crippen LogP contribution in [0.25, 0.3) is 22.0 Å². The lowest BCUT2D eigenvalue weighted by Crippen LogP contribution is -2.30. The summed E-state index contributed by atoms with van der Waals surface area (Å²) in [6.07, 6.45) is 0.243. The molecule has 0 fully saturated rings. The molecule has 1 nitrogen and oxygen atoms in total. The molecule has 0 bridgehead atoms. The van der Waals surface area contributed by atoms with E-state index in [1.54, 1.807) is 0 Å². The van der Waals surface area contributed by atoms with Crippen molar-refractivity contribution < 1.29 is 7.31 Å². The minimum Gasteiger partial charge on any atom is -0.200 e. The summed E-state index contributed by atoms with van der Waals surface area (Å²) in [7, 11) is 1.87. The zero-order valence-electron chi connectivity index (χ0n) is 14.4. The number of aromatic nitrogens is 1. The van der Waals surface area contributed by atoms with Gasteiger partial charge < -0.3 is 0 Å². The highest BCUT2D eigenvalue weighted by Crippen LogP contribution is 2.30. The Morgan fingerprint density at radius 3 is 2.60 bits per heavy atom. The highest BCUT2D eigenvalue weighted by molar-refractivity contribution is 5.93. The highest BCUT2D eigenvalue weighted by Gasteiger charge is 2.17. The Labute approximate surface area is 123 Å². The molecule has 0 radical (unpaired) electrons. The quantitative estimate of drug-likeness (QED) is 0.578. The van der Waals surface area contributed by atoms with E-state index in [9.17, 15) is 0 Å². The summed E-state index contributed by atoms with van der Waals surface area (Å²) in [6.45, 7) is 6.34. The van der Waals surface area contributed by atoms with Crippen molar-refractivity contribution in [3.63, 3.8) is 0 Å². The lowest BCUT2D eigenvalue weighted by atomic mass is 9.95. The lowest BCUT2D eigenvalue weighted by Gasteiger charge is -2.11. The molecule has 1 heterocycles. The van der Waals surface area contributed by atoms with Crippen LogP contribution >= 0.6 is 0 Å². The third-order valence-electron chi connectivity index (χ3n) is 3.94.